The summed E-state index contributed by atoms with van der Waals surface area (Å²) in [7, 11) is 0. The second kappa shape index (κ2) is 4.61. The first-order valence-corrected chi connectivity index (χ1v) is 4.58. The summed E-state index contributed by atoms with van der Waals surface area (Å²) >= 11 is 5.62. The van der Waals surface area contributed by atoms with Crippen molar-refractivity contribution in [3.63, 3.8) is 0 Å². The normalized spacial score (nSPS) is 11.2. The topological polar surface area (TPSA) is 55.1 Å². The minimum Gasteiger partial charge on any atom is -0.397 e. The Balaban J connectivity index is 2.78. The molecule has 0 saturated carbocycles. The van der Waals surface area contributed by atoms with Gasteiger partial charge in [-0.15, -0.1) is 0 Å². The maximum atomic E-state index is 11.8. The lowest BCUT2D eigenvalue weighted by Crippen LogP contribution is -2.34. The van der Waals surface area contributed by atoms with Crippen LogP contribution in [-0.4, -0.2) is 18.6 Å². The highest BCUT2D eigenvalue weighted by Gasteiger charge is 2.28. The summed E-state index contributed by atoms with van der Waals surface area (Å²) in [4.78, 5) is 11.3. The van der Waals surface area contributed by atoms with Crippen LogP contribution < -0.4 is 11.1 Å². The van der Waals surface area contributed by atoms with Gasteiger partial charge in [0, 0.05) is 0 Å². The standard InChI is InChI=1S/C9H8ClF3N2O/c10-6-3-1-2-5(7(6)14)8(16)15-4-9(11,12)13/h1-3H,4,14H2,(H,15,16). The average molecular weight is 253 g/mol. The fraction of sp³-hybridized carbons (Fsp3) is 0.222. The summed E-state index contributed by atoms with van der Waals surface area (Å²) in [6.07, 6.45) is -4.46. The maximum absolute atomic E-state index is 11.8. The Morgan fingerprint density at radius 3 is 2.62 bits per heavy atom. The third-order valence-electron chi connectivity index (χ3n) is 1.75. The molecule has 0 aromatic heterocycles. The summed E-state index contributed by atoms with van der Waals surface area (Å²) in [5.41, 5.74) is 5.34. The van der Waals surface area contributed by atoms with Gasteiger partial charge in [-0.3, -0.25) is 4.79 Å². The number of alkyl halides is 3. The molecule has 0 bridgehead atoms. The first-order valence-electron chi connectivity index (χ1n) is 4.20. The number of anilines is 1. The van der Waals surface area contributed by atoms with Gasteiger partial charge in [0.25, 0.3) is 5.91 Å². The predicted molar refractivity (Wildman–Crippen MR) is 54.3 cm³/mol. The lowest BCUT2D eigenvalue weighted by molar-refractivity contribution is -0.123. The molecule has 1 amide bonds. The summed E-state index contributed by atoms with van der Waals surface area (Å²) < 4.78 is 35.5. The molecule has 88 valence electrons. The van der Waals surface area contributed by atoms with Gasteiger partial charge in [0.05, 0.1) is 16.3 Å². The Hall–Kier alpha value is -1.43. The molecule has 3 N–H and O–H groups in total. The second-order valence-electron chi connectivity index (χ2n) is 3.00. The molecule has 1 aromatic carbocycles. The molecule has 16 heavy (non-hydrogen) atoms. The van der Waals surface area contributed by atoms with E-state index in [1.54, 1.807) is 5.32 Å². The van der Waals surface area contributed by atoms with E-state index >= 15 is 0 Å². The van der Waals surface area contributed by atoms with Crippen molar-refractivity contribution in [2.75, 3.05) is 12.3 Å². The number of para-hydroxylation sites is 1. The van der Waals surface area contributed by atoms with Gasteiger partial charge in [0.1, 0.15) is 6.54 Å². The van der Waals surface area contributed by atoms with Crippen molar-refractivity contribution < 1.29 is 18.0 Å². The second-order valence-corrected chi connectivity index (χ2v) is 3.41. The molecule has 0 fully saturated rings. The lowest BCUT2D eigenvalue weighted by Gasteiger charge is -2.10. The molecule has 0 aliphatic carbocycles. The third kappa shape index (κ3) is 3.30. The number of rotatable bonds is 2. The number of carbonyl (C=O) groups excluding carboxylic acids is 1. The molecule has 0 heterocycles. The lowest BCUT2D eigenvalue weighted by atomic mass is 10.1. The van der Waals surface area contributed by atoms with Crippen molar-refractivity contribution in [3.8, 4) is 0 Å². The molecular formula is C9H8ClF3N2O. The summed E-state index contributed by atoms with van der Waals surface area (Å²) in [5.74, 6) is -0.905. The van der Waals surface area contributed by atoms with Gasteiger partial charge in [-0.05, 0) is 12.1 Å². The quantitative estimate of drug-likeness (QED) is 0.793. The zero-order valence-corrected chi connectivity index (χ0v) is 8.69. The van der Waals surface area contributed by atoms with Crippen LogP contribution >= 0.6 is 11.6 Å². The van der Waals surface area contributed by atoms with Crippen LogP contribution in [0.25, 0.3) is 0 Å². The van der Waals surface area contributed by atoms with Crippen LogP contribution in [0.2, 0.25) is 5.02 Å². The minimum absolute atomic E-state index is 0.0381. The number of halogens is 4. The van der Waals surface area contributed by atoms with E-state index in [1.807, 2.05) is 0 Å². The van der Waals surface area contributed by atoms with Crippen molar-refractivity contribution in [1.29, 1.82) is 0 Å². The van der Waals surface area contributed by atoms with Crippen LogP contribution in [0.5, 0.6) is 0 Å². The van der Waals surface area contributed by atoms with Crippen molar-refractivity contribution >= 4 is 23.2 Å². The van der Waals surface area contributed by atoms with E-state index < -0.39 is 18.6 Å². The SMILES string of the molecule is Nc1c(Cl)cccc1C(=O)NCC(F)(F)F. The van der Waals surface area contributed by atoms with Crippen LogP contribution in [0.3, 0.4) is 0 Å². The summed E-state index contributed by atoms with van der Waals surface area (Å²) in [6, 6.07) is 4.17. The van der Waals surface area contributed by atoms with Crippen LogP contribution in [0.1, 0.15) is 10.4 Å². The van der Waals surface area contributed by atoms with Crippen molar-refractivity contribution in [3.05, 3.63) is 28.8 Å². The highest BCUT2D eigenvalue weighted by molar-refractivity contribution is 6.33. The van der Waals surface area contributed by atoms with Gasteiger partial charge in [0.2, 0.25) is 0 Å². The number of nitrogens with one attached hydrogen (secondary N) is 1. The maximum Gasteiger partial charge on any atom is 0.405 e. The van der Waals surface area contributed by atoms with Crippen molar-refractivity contribution in [2.45, 2.75) is 6.18 Å². The largest absolute Gasteiger partial charge is 0.405 e. The Labute approximate surface area is 94.4 Å². The van der Waals surface area contributed by atoms with E-state index in [1.165, 1.54) is 18.2 Å². The first kappa shape index (κ1) is 12.6. The minimum atomic E-state index is -4.46. The summed E-state index contributed by atoms with van der Waals surface area (Å²) in [5, 5.41) is 1.83. The van der Waals surface area contributed by atoms with Gasteiger partial charge in [0.15, 0.2) is 0 Å². The number of benzene rings is 1. The van der Waals surface area contributed by atoms with Crippen LogP contribution in [0, 0.1) is 0 Å². The smallest absolute Gasteiger partial charge is 0.397 e. The van der Waals surface area contributed by atoms with E-state index in [2.05, 4.69) is 0 Å². The first-order chi connectivity index (χ1) is 7.31. The zero-order chi connectivity index (χ0) is 12.3. The predicted octanol–water partition coefficient (Wildman–Crippen LogP) is 2.21. The Morgan fingerprint density at radius 1 is 1.44 bits per heavy atom. The number of nitrogen functional groups attached to an aromatic ring is 1. The van der Waals surface area contributed by atoms with Crippen LogP contribution in [-0.2, 0) is 0 Å². The Kier molecular flexibility index (Phi) is 3.64. The number of hydrogen-bond donors (Lipinski definition) is 2. The van der Waals surface area contributed by atoms with E-state index in [4.69, 9.17) is 17.3 Å². The van der Waals surface area contributed by atoms with Gasteiger partial charge in [-0.2, -0.15) is 13.2 Å². The third-order valence-corrected chi connectivity index (χ3v) is 2.08. The number of nitrogens with two attached hydrogens (primary N) is 1. The fourth-order valence-electron chi connectivity index (χ4n) is 1.01. The molecule has 0 atom stereocenters. The molecule has 7 heteroatoms. The van der Waals surface area contributed by atoms with E-state index in [9.17, 15) is 18.0 Å². The monoisotopic (exact) mass is 252 g/mol. The molecule has 0 aliphatic rings. The van der Waals surface area contributed by atoms with E-state index in [0.29, 0.717) is 0 Å². The molecule has 0 aliphatic heterocycles. The van der Waals surface area contributed by atoms with Gasteiger partial charge < -0.3 is 11.1 Å². The molecular weight excluding hydrogens is 245 g/mol. The molecule has 3 nitrogen and oxygen atoms in total. The molecule has 1 aromatic rings. The van der Waals surface area contributed by atoms with E-state index in [-0.39, 0.29) is 16.3 Å². The molecule has 0 spiro atoms. The summed E-state index contributed by atoms with van der Waals surface area (Å²) in [6.45, 7) is -1.40. The fourth-order valence-corrected chi connectivity index (χ4v) is 1.19. The highest BCUT2D eigenvalue weighted by atomic mass is 35.5. The number of hydrogen-bond acceptors (Lipinski definition) is 2. The molecule has 0 unspecified atom stereocenters. The highest BCUT2D eigenvalue weighted by Crippen LogP contribution is 2.22. The molecule has 0 saturated heterocycles. The number of carbonyl (C=O) groups is 1. The van der Waals surface area contributed by atoms with Crippen LogP contribution in [0.4, 0.5) is 18.9 Å². The van der Waals surface area contributed by atoms with Gasteiger partial charge in [-0.25, -0.2) is 0 Å². The van der Waals surface area contributed by atoms with E-state index in [0.717, 1.165) is 0 Å². The molecule has 0 radical (unpaired) electrons. The average Bonchev–Trinajstić information content (AvgIpc) is 2.17. The Morgan fingerprint density at radius 2 is 2.06 bits per heavy atom. The van der Waals surface area contributed by atoms with Crippen molar-refractivity contribution in [1.82, 2.24) is 5.32 Å². The zero-order valence-electron chi connectivity index (χ0n) is 7.94. The van der Waals surface area contributed by atoms with Crippen molar-refractivity contribution in [2.24, 2.45) is 0 Å². The number of amides is 1. The van der Waals surface area contributed by atoms with Crippen LogP contribution in [0.15, 0.2) is 18.2 Å². The molecule has 1 rings (SSSR count). The van der Waals surface area contributed by atoms with Gasteiger partial charge in [-0.1, -0.05) is 17.7 Å². The Bertz CT molecular complexity index is 406. The van der Waals surface area contributed by atoms with Gasteiger partial charge >= 0.3 is 6.18 Å².